The highest BCUT2D eigenvalue weighted by atomic mass is 19.1. The highest BCUT2D eigenvalue weighted by Crippen LogP contribution is 2.35. The van der Waals surface area contributed by atoms with Crippen molar-refractivity contribution in [2.75, 3.05) is 46.5 Å². The molecule has 12 heteroatoms. The molecule has 2 heterocycles. The average molecular weight is 646 g/mol. The first-order valence-electron chi connectivity index (χ1n) is 15.7. The fourth-order valence-electron chi connectivity index (χ4n) is 5.34. The molecule has 1 unspecified atom stereocenters. The van der Waals surface area contributed by atoms with E-state index in [-0.39, 0.29) is 76.5 Å². The minimum Gasteiger partial charge on any atom is -0.493 e. The third kappa shape index (κ3) is 11.0. The number of nitrogens with one attached hydrogen (secondary N) is 2. The van der Waals surface area contributed by atoms with Crippen LogP contribution >= 0.6 is 0 Å². The Morgan fingerprint density at radius 3 is 2.46 bits per heavy atom. The third-order valence-corrected chi connectivity index (χ3v) is 7.83. The summed E-state index contributed by atoms with van der Waals surface area (Å²) < 4.78 is 44.3. The number of nitrogens with zero attached hydrogens (tertiary/aromatic N) is 1. The number of methoxy groups -OCH3 is 1. The summed E-state index contributed by atoms with van der Waals surface area (Å²) in [5.41, 5.74) is -0.122. The predicted molar refractivity (Wildman–Crippen MR) is 167 cm³/mol. The molecule has 2 aliphatic rings. The van der Waals surface area contributed by atoms with E-state index in [4.69, 9.17) is 14.2 Å². The lowest BCUT2D eigenvalue weighted by molar-refractivity contribution is -0.156. The minimum atomic E-state index is -1.06. The maximum Gasteiger partial charge on any atom is 0.314 e. The van der Waals surface area contributed by atoms with Crippen molar-refractivity contribution in [1.29, 1.82) is 0 Å². The molecule has 1 atom stereocenters. The first-order chi connectivity index (χ1) is 21.9. The third-order valence-electron chi connectivity index (χ3n) is 7.83. The Labute approximate surface area is 269 Å². The Kier molecular flexibility index (Phi) is 13.8. The normalized spacial score (nSPS) is 18.5. The van der Waals surface area contributed by atoms with Gasteiger partial charge in [-0.3, -0.25) is 19.2 Å². The fourth-order valence-corrected chi connectivity index (χ4v) is 5.34. The Hall–Kier alpha value is -4.22. The average Bonchev–Trinajstić information content (AvgIpc) is 3.00. The summed E-state index contributed by atoms with van der Waals surface area (Å²) in [6, 6.07) is 8.13. The number of rotatable bonds is 8. The molecule has 10 nitrogen and oxygen atoms in total. The molecule has 46 heavy (non-hydrogen) atoms. The highest BCUT2D eigenvalue weighted by molar-refractivity contribution is 5.81. The van der Waals surface area contributed by atoms with Gasteiger partial charge in [0, 0.05) is 38.7 Å². The standard InChI is InChI=1S/C34H45F2N3O7/c1-5-45-33(43)34(11-10-23(2)3)20-24-8-9-28(29(17-24)44-4)46-21-31(41)37-12-14-39(13-6-7-30(40)38-22-34)32(42)18-25-15-26(35)19-27(36)16-25/h8-9,15-17,19,23H,5-7,10-14,18,20-22H2,1-4H3,(H,37,41)(H,38,40). The van der Waals surface area contributed by atoms with Gasteiger partial charge in [-0.15, -0.1) is 0 Å². The van der Waals surface area contributed by atoms with Gasteiger partial charge in [-0.1, -0.05) is 19.9 Å². The van der Waals surface area contributed by atoms with Gasteiger partial charge in [-0.25, -0.2) is 8.78 Å². The molecule has 2 aromatic carbocycles. The number of hydrogen-bond acceptors (Lipinski definition) is 7. The van der Waals surface area contributed by atoms with Gasteiger partial charge in [0.25, 0.3) is 5.91 Å². The van der Waals surface area contributed by atoms with Crippen LogP contribution in [-0.4, -0.2) is 75.1 Å². The van der Waals surface area contributed by atoms with E-state index in [9.17, 15) is 28.0 Å². The van der Waals surface area contributed by atoms with Crippen molar-refractivity contribution in [3.8, 4) is 11.5 Å². The zero-order valence-electron chi connectivity index (χ0n) is 27.1. The summed E-state index contributed by atoms with van der Waals surface area (Å²) in [5.74, 6) is -2.15. The lowest BCUT2D eigenvalue weighted by Crippen LogP contribution is -2.46. The Morgan fingerprint density at radius 1 is 1.04 bits per heavy atom. The fraction of sp³-hybridized carbons (Fsp3) is 0.529. The van der Waals surface area contributed by atoms with Gasteiger partial charge in [-0.05, 0) is 73.9 Å². The molecule has 3 amide bonds. The zero-order valence-corrected chi connectivity index (χ0v) is 27.1. The van der Waals surface area contributed by atoms with Crippen molar-refractivity contribution in [2.45, 2.75) is 59.3 Å². The quantitative estimate of drug-likeness (QED) is 0.329. The molecule has 2 aromatic rings. The number of halogens is 2. The van der Waals surface area contributed by atoms with Crippen LogP contribution in [0.3, 0.4) is 0 Å². The van der Waals surface area contributed by atoms with Gasteiger partial charge >= 0.3 is 5.97 Å². The van der Waals surface area contributed by atoms with Gasteiger partial charge in [0.1, 0.15) is 11.6 Å². The van der Waals surface area contributed by atoms with Crippen LogP contribution in [0.25, 0.3) is 0 Å². The van der Waals surface area contributed by atoms with Crippen LogP contribution < -0.4 is 20.1 Å². The summed E-state index contributed by atoms with van der Waals surface area (Å²) in [7, 11) is 1.48. The van der Waals surface area contributed by atoms with E-state index in [2.05, 4.69) is 24.5 Å². The molecular weight excluding hydrogens is 600 g/mol. The van der Waals surface area contributed by atoms with Crippen LogP contribution in [-0.2, 0) is 36.8 Å². The molecule has 252 valence electrons. The van der Waals surface area contributed by atoms with E-state index in [0.29, 0.717) is 30.3 Å². The number of fused-ring (bicyclic) bond motifs is 16. The largest absolute Gasteiger partial charge is 0.493 e. The first kappa shape index (κ1) is 36.3. The summed E-state index contributed by atoms with van der Waals surface area (Å²) in [5, 5.41) is 5.64. The molecule has 0 saturated carbocycles. The number of carbonyl (C=O) groups excluding carboxylic acids is 4. The van der Waals surface area contributed by atoms with Gasteiger partial charge in [0.15, 0.2) is 18.1 Å². The second-order valence-corrected chi connectivity index (χ2v) is 11.9. The second kappa shape index (κ2) is 17.5. The smallest absolute Gasteiger partial charge is 0.314 e. The van der Waals surface area contributed by atoms with Crippen LogP contribution in [0.4, 0.5) is 8.78 Å². The van der Waals surface area contributed by atoms with Crippen LogP contribution in [0.2, 0.25) is 0 Å². The van der Waals surface area contributed by atoms with Crippen molar-refractivity contribution in [1.82, 2.24) is 15.5 Å². The predicted octanol–water partition coefficient (Wildman–Crippen LogP) is 3.98. The number of amides is 3. The molecule has 0 spiro atoms. The van der Waals surface area contributed by atoms with Gasteiger partial charge in [0.2, 0.25) is 11.8 Å². The maximum atomic E-state index is 13.7. The van der Waals surface area contributed by atoms with Crippen LogP contribution in [0.5, 0.6) is 11.5 Å². The van der Waals surface area contributed by atoms with Crippen LogP contribution in [0.15, 0.2) is 36.4 Å². The molecule has 2 aliphatic heterocycles. The molecule has 2 bridgehead atoms. The highest BCUT2D eigenvalue weighted by Gasteiger charge is 2.40. The van der Waals surface area contributed by atoms with E-state index >= 15 is 0 Å². The van der Waals surface area contributed by atoms with E-state index in [1.54, 1.807) is 25.1 Å². The molecule has 0 radical (unpaired) electrons. The first-order valence-corrected chi connectivity index (χ1v) is 15.7. The lowest BCUT2D eigenvalue weighted by Gasteiger charge is -2.33. The molecular formula is C34H45F2N3O7. The summed E-state index contributed by atoms with van der Waals surface area (Å²) in [6.07, 6.45) is 1.53. The number of ether oxygens (including phenoxy) is 3. The number of hydrogen-bond donors (Lipinski definition) is 2. The molecule has 4 rings (SSSR count). The van der Waals surface area contributed by atoms with Crippen molar-refractivity contribution in [2.24, 2.45) is 11.3 Å². The van der Waals surface area contributed by atoms with E-state index < -0.39 is 34.8 Å². The maximum absolute atomic E-state index is 13.7. The van der Waals surface area contributed by atoms with E-state index in [0.717, 1.165) is 23.8 Å². The molecule has 0 aromatic heterocycles. The van der Waals surface area contributed by atoms with Crippen molar-refractivity contribution in [3.05, 3.63) is 59.2 Å². The van der Waals surface area contributed by atoms with Gasteiger partial charge in [0.05, 0.1) is 25.6 Å². The summed E-state index contributed by atoms with van der Waals surface area (Å²) in [6.45, 7) is 6.12. The molecule has 0 fully saturated rings. The molecule has 0 saturated heterocycles. The topological polar surface area (TPSA) is 123 Å². The zero-order chi connectivity index (χ0) is 33.7. The van der Waals surface area contributed by atoms with Crippen molar-refractivity contribution in [3.63, 3.8) is 0 Å². The second-order valence-electron chi connectivity index (χ2n) is 11.9. The van der Waals surface area contributed by atoms with Crippen LogP contribution in [0.1, 0.15) is 57.6 Å². The molecule has 0 aliphatic carbocycles. The van der Waals surface area contributed by atoms with Crippen molar-refractivity contribution >= 4 is 23.7 Å². The van der Waals surface area contributed by atoms with Crippen molar-refractivity contribution < 1.29 is 42.2 Å². The number of esters is 1. The van der Waals surface area contributed by atoms with Gasteiger partial charge < -0.3 is 29.7 Å². The summed E-state index contributed by atoms with van der Waals surface area (Å²) >= 11 is 0. The Bertz CT molecular complexity index is 1350. The monoisotopic (exact) mass is 645 g/mol. The summed E-state index contributed by atoms with van der Waals surface area (Å²) in [4.78, 5) is 53.9. The van der Waals surface area contributed by atoms with E-state index in [1.165, 1.54) is 12.0 Å². The Morgan fingerprint density at radius 2 is 1.78 bits per heavy atom. The SMILES string of the molecule is CCOC(=O)C1(CCC(C)C)CNC(=O)CCCN(C(=O)Cc2cc(F)cc(F)c2)CCNC(=O)COc2ccc(cc2OC)C1. The number of benzene rings is 2. The minimum absolute atomic E-state index is 0.0458. The Balaban J connectivity index is 1.88. The number of carbonyl (C=O) groups is 4. The van der Waals surface area contributed by atoms with Crippen LogP contribution in [0, 0.1) is 23.0 Å². The van der Waals surface area contributed by atoms with E-state index in [1.807, 2.05) is 0 Å². The molecule has 2 N–H and O–H groups in total. The lowest BCUT2D eigenvalue weighted by atomic mass is 9.76. The van der Waals surface area contributed by atoms with Gasteiger partial charge in [-0.2, -0.15) is 0 Å².